The van der Waals surface area contributed by atoms with Crippen LogP contribution in [0.2, 0.25) is 0 Å². The Hall–Kier alpha value is -1.91. The molecule has 0 aliphatic heterocycles. The van der Waals surface area contributed by atoms with E-state index >= 15 is 0 Å². The zero-order valence-corrected chi connectivity index (χ0v) is 18.5. The quantitative estimate of drug-likeness (QED) is 0.364. The maximum absolute atomic E-state index is 13.6. The van der Waals surface area contributed by atoms with Gasteiger partial charge in [0.25, 0.3) is 0 Å². The predicted molar refractivity (Wildman–Crippen MR) is 114 cm³/mol. The summed E-state index contributed by atoms with van der Waals surface area (Å²) in [5.74, 6) is 0.207. The Labute approximate surface area is 181 Å². The summed E-state index contributed by atoms with van der Waals surface area (Å²) in [4.78, 5) is 0. The minimum atomic E-state index is -4.53. The average molecular weight is 439 g/mol. The first-order valence-electron chi connectivity index (χ1n) is 11.1. The fourth-order valence-electron chi connectivity index (χ4n) is 4.63. The van der Waals surface area contributed by atoms with Gasteiger partial charge in [-0.15, -0.1) is 0 Å². The Kier molecular flexibility index (Phi) is 7.12. The Bertz CT molecular complexity index is 891. The molecule has 1 aliphatic rings. The van der Waals surface area contributed by atoms with Gasteiger partial charge in [-0.05, 0) is 104 Å². The highest BCUT2D eigenvalue weighted by molar-refractivity contribution is 5.27. The van der Waals surface area contributed by atoms with Crippen molar-refractivity contribution in [3.8, 4) is 0 Å². The second-order valence-corrected chi connectivity index (χ2v) is 9.84. The molecule has 1 fully saturated rings. The molecule has 2 aromatic carbocycles. The maximum Gasteiger partial charge on any atom is 0.416 e. The third kappa shape index (κ3) is 6.30. The van der Waals surface area contributed by atoms with Gasteiger partial charge in [-0.3, -0.25) is 0 Å². The fourth-order valence-corrected chi connectivity index (χ4v) is 4.63. The molecule has 0 N–H and O–H groups in total. The van der Waals surface area contributed by atoms with E-state index in [1.54, 1.807) is 13.0 Å². The van der Waals surface area contributed by atoms with Crippen molar-refractivity contribution < 1.29 is 22.0 Å². The van der Waals surface area contributed by atoms with E-state index in [-0.39, 0.29) is 11.2 Å². The largest absolute Gasteiger partial charge is 0.416 e. The smallest absolute Gasteiger partial charge is 0.207 e. The van der Waals surface area contributed by atoms with Gasteiger partial charge in [-0.25, -0.2) is 8.78 Å². The molecule has 170 valence electrons. The minimum absolute atomic E-state index is 0.00129. The van der Waals surface area contributed by atoms with Crippen LogP contribution in [-0.4, -0.2) is 0 Å². The van der Waals surface area contributed by atoms with E-state index in [1.165, 1.54) is 6.07 Å². The highest BCUT2D eigenvalue weighted by Crippen LogP contribution is 2.49. The Morgan fingerprint density at radius 1 is 0.903 bits per heavy atom. The molecule has 5 heteroatoms. The van der Waals surface area contributed by atoms with Gasteiger partial charge in [0.05, 0.1) is 5.56 Å². The van der Waals surface area contributed by atoms with E-state index < -0.39 is 17.6 Å². The summed E-state index contributed by atoms with van der Waals surface area (Å²) in [5.41, 5.74) is 1.19. The zero-order valence-electron chi connectivity index (χ0n) is 18.5. The molecular weight excluding hydrogens is 407 g/mol. The van der Waals surface area contributed by atoms with Crippen LogP contribution in [0.3, 0.4) is 0 Å². The van der Waals surface area contributed by atoms with Crippen molar-refractivity contribution >= 4 is 0 Å². The molecule has 0 unspecified atom stereocenters. The number of rotatable bonds is 8. The molecule has 1 saturated carbocycles. The van der Waals surface area contributed by atoms with Crippen molar-refractivity contribution in [3.63, 3.8) is 0 Å². The van der Waals surface area contributed by atoms with Gasteiger partial charge in [0.2, 0.25) is 0 Å². The molecule has 0 atom stereocenters. The first kappa shape index (κ1) is 23.7. The predicted octanol–water partition coefficient (Wildman–Crippen LogP) is 8.30. The van der Waals surface area contributed by atoms with E-state index in [9.17, 15) is 22.0 Å². The molecule has 1 aliphatic carbocycles. The average Bonchev–Trinajstić information content (AvgIpc) is 2.63. The maximum atomic E-state index is 13.6. The molecule has 0 heterocycles. The van der Waals surface area contributed by atoms with Gasteiger partial charge < -0.3 is 0 Å². The second kappa shape index (κ2) is 9.30. The van der Waals surface area contributed by atoms with Gasteiger partial charge >= 0.3 is 6.18 Å². The minimum Gasteiger partial charge on any atom is -0.207 e. The molecule has 0 bridgehead atoms. The number of halogens is 5. The van der Waals surface area contributed by atoms with E-state index in [2.05, 4.69) is 13.8 Å². The summed E-state index contributed by atoms with van der Waals surface area (Å²) in [6.45, 7) is 6.08. The van der Waals surface area contributed by atoms with Crippen LogP contribution in [0.15, 0.2) is 36.4 Å². The molecule has 3 rings (SSSR count). The van der Waals surface area contributed by atoms with Gasteiger partial charge in [-0.1, -0.05) is 32.4 Å². The first-order chi connectivity index (χ1) is 14.4. The molecule has 0 amide bonds. The Morgan fingerprint density at radius 3 is 2.26 bits per heavy atom. The molecular formula is C26H31F5. The van der Waals surface area contributed by atoms with Crippen LogP contribution in [0.5, 0.6) is 0 Å². The number of hydrogen-bond acceptors (Lipinski definition) is 0. The first-order valence-corrected chi connectivity index (χ1v) is 11.1. The normalized spacial score (nSPS) is 19.4. The van der Waals surface area contributed by atoms with Crippen LogP contribution in [0, 0.1) is 35.8 Å². The van der Waals surface area contributed by atoms with Crippen LogP contribution in [0.1, 0.15) is 68.2 Å². The number of aryl methyl sites for hydroxylation is 3. The van der Waals surface area contributed by atoms with E-state index in [1.807, 2.05) is 12.1 Å². The lowest BCUT2D eigenvalue weighted by atomic mass is 9.59. The summed E-state index contributed by atoms with van der Waals surface area (Å²) in [6.07, 6.45) is 1.89. The van der Waals surface area contributed by atoms with Crippen LogP contribution in [0.25, 0.3) is 0 Å². The van der Waals surface area contributed by atoms with Crippen molar-refractivity contribution in [1.82, 2.24) is 0 Å². The molecule has 0 nitrogen and oxygen atoms in total. The van der Waals surface area contributed by atoms with Crippen molar-refractivity contribution in [1.29, 1.82) is 0 Å². The van der Waals surface area contributed by atoms with Crippen LogP contribution in [0.4, 0.5) is 22.0 Å². The van der Waals surface area contributed by atoms with Crippen molar-refractivity contribution in [2.45, 2.75) is 71.9 Å². The second-order valence-electron chi connectivity index (χ2n) is 9.84. The lowest BCUT2D eigenvalue weighted by Crippen LogP contribution is -2.36. The zero-order chi connectivity index (χ0) is 22.8. The summed E-state index contributed by atoms with van der Waals surface area (Å²) < 4.78 is 66.0. The van der Waals surface area contributed by atoms with Crippen molar-refractivity contribution in [2.24, 2.45) is 17.3 Å². The van der Waals surface area contributed by atoms with Gasteiger partial charge in [-0.2, -0.15) is 13.2 Å². The van der Waals surface area contributed by atoms with Gasteiger partial charge in [0.15, 0.2) is 0 Å². The highest BCUT2D eigenvalue weighted by Gasteiger charge is 2.39. The monoisotopic (exact) mass is 438 g/mol. The van der Waals surface area contributed by atoms with Crippen LogP contribution >= 0.6 is 0 Å². The topological polar surface area (TPSA) is 0 Å². The molecule has 0 saturated heterocycles. The lowest BCUT2D eigenvalue weighted by Gasteiger charge is -2.46. The van der Waals surface area contributed by atoms with Gasteiger partial charge in [0, 0.05) is 0 Å². The van der Waals surface area contributed by atoms with Crippen molar-refractivity contribution in [3.05, 3.63) is 70.3 Å². The molecule has 31 heavy (non-hydrogen) atoms. The van der Waals surface area contributed by atoms with Crippen LogP contribution in [-0.2, 0) is 19.0 Å². The van der Waals surface area contributed by atoms with E-state index in [4.69, 9.17) is 0 Å². The molecule has 0 radical (unpaired) electrons. The molecule has 0 aromatic heterocycles. The molecule has 0 spiro atoms. The third-order valence-corrected chi connectivity index (χ3v) is 7.00. The van der Waals surface area contributed by atoms with Gasteiger partial charge in [0.1, 0.15) is 11.6 Å². The summed E-state index contributed by atoms with van der Waals surface area (Å²) >= 11 is 0. The number of benzene rings is 2. The van der Waals surface area contributed by atoms with E-state index in [0.29, 0.717) is 35.4 Å². The summed E-state index contributed by atoms with van der Waals surface area (Å²) in [5, 5.41) is 0. The Morgan fingerprint density at radius 2 is 1.61 bits per heavy atom. The summed E-state index contributed by atoms with van der Waals surface area (Å²) in [7, 11) is 0. The summed E-state index contributed by atoms with van der Waals surface area (Å²) in [6, 6.07) is 8.26. The standard InChI is InChI=1S/C26H31F5/c1-17-7-8-18(15-24(17)28)5-4-6-19-11-21(12-19)25(2,3)10-9-20-13-22(26(29,30)31)16-23(27)14-20/h7-8,13-16,19,21H,4-6,9-12H2,1-3H3. The third-order valence-electron chi connectivity index (χ3n) is 7.00. The van der Waals surface area contributed by atoms with Crippen LogP contribution < -0.4 is 0 Å². The lowest BCUT2D eigenvalue weighted by molar-refractivity contribution is -0.137. The highest BCUT2D eigenvalue weighted by atomic mass is 19.4. The number of alkyl halides is 3. The SMILES string of the molecule is Cc1ccc(CCCC2CC(C(C)(C)CCc3cc(F)cc(C(F)(F)F)c3)C2)cc1F. The van der Waals surface area contributed by atoms with E-state index in [0.717, 1.165) is 50.2 Å². The van der Waals surface area contributed by atoms with Crippen molar-refractivity contribution in [2.75, 3.05) is 0 Å². The molecule has 2 aromatic rings. The number of hydrogen-bond donors (Lipinski definition) is 0. The fraction of sp³-hybridized carbons (Fsp3) is 0.538. The Balaban J connectivity index is 1.44.